The first-order valence-corrected chi connectivity index (χ1v) is 8.01. The average molecular weight is 337 g/mol. The van der Waals surface area contributed by atoms with Crippen molar-refractivity contribution < 1.29 is 14.4 Å². The van der Waals surface area contributed by atoms with Crippen molar-refractivity contribution in [2.45, 2.75) is 13.5 Å². The molecule has 1 heterocycles. The summed E-state index contributed by atoms with van der Waals surface area (Å²) in [5.41, 5.74) is 2.03. The zero-order valence-corrected chi connectivity index (χ0v) is 13.9. The Morgan fingerprint density at radius 3 is 2.56 bits per heavy atom. The normalized spacial score (nSPS) is 13.9. The molecule has 0 spiro atoms. The summed E-state index contributed by atoms with van der Waals surface area (Å²) in [7, 11) is 0. The van der Waals surface area contributed by atoms with E-state index < -0.39 is 0 Å². The van der Waals surface area contributed by atoms with E-state index in [0.717, 1.165) is 5.56 Å². The van der Waals surface area contributed by atoms with Gasteiger partial charge in [0.15, 0.2) is 0 Å². The number of amides is 3. The summed E-state index contributed by atoms with van der Waals surface area (Å²) >= 11 is 0. The summed E-state index contributed by atoms with van der Waals surface area (Å²) in [5.74, 6) is -0.499. The fraction of sp³-hybridized carbons (Fsp3) is 0.211. The largest absolute Gasteiger partial charge is 0.326 e. The van der Waals surface area contributed by atoms with E-state index in [1.165, 1.54) is 11.8 Å². The number of nitrogens with zero attached hydrogens (tertiary/aromatic N) is 2. The van der Waals surface area contributed by atoms with Gasteiger partial charge in [-0.1, -0.05) is 36.4 Å². The Labute approximate surface area is 146 Å². The Kier molecular flexibility index (Phi) is 4.79. The number of hydrogen-bond acceptors (Lipinski definition) is 3. The second-order valence-electron chi connectivity index (χ2n) is 5.98. The van der Waals surface area contributed by atoms with Crippen LogP contribution in [0.25, 0.3) is 0 Å². The zero-order chi connectivity index (χ0) is 17.8. The molecule has 0 unspecified atom stereocenters. The summed E-state index contributed by atoms with van der Waals surface area (Å²) in [6.07, 6.45) is 0. The molecule has 0 aliphatic carbocycles. The summed E-state index contributed by atoms with van der Waals surface area (Å²) in [6, 6.07) is 16.4. The predicted molar refractivity (Wildman–Crippen MR) is 93.6 cm³/mol. The predicted octanol–water partition coefficient (Wildman–Crippen LogP) is 2.09. The molecule has 1 aliphatic rings. The molecule has 0 radical (unpaired) electrons. The highest BCUT2D eigenvalue weighted by atomic mass is 16.2. The minimum atomic E-state index is -0.226. The Morgan fingerprint density at radius 1 is 1.08 bits per heavy atom. The van der Waals surface area contributed by atoms with Gasteiger partial charge in [-0.25, -0.2) is 0 Å². The maximum Gasteiger partial charge on any atom is 0.255 e. The minimum Gasteiger partial charge on any atom is -0.326 e. The molecule has 0 bridgehead atoms. The van der Waals surface area contributed by atoms with Crippen molar-refractivity contribution in [2.24, 2.45) is 0 Å². The molecule has 6 nitrogen and oxygen atoms in total. The monoisotopic (exact) mass is 337 g/mol. The third kappa shape index (κ3) is 4.03. The summed E-state index contributed by atoms with van der Waals surface area (Å²) in [4.78, 5) is 39.2. The maximum atomic E-state index is 12.7. The van der Waals surface area contributed by atoms with Crippen LogP contribution in [0.2, 0.25) is 0 Å². The Balaban J connectivity index is 1.69. The van der Waals surface area contributed by atoms with E-state index in [2.05, 4.69) is 5.32 Å². The van der Waals surface area contributed by atoms with Gasteiger partial charge in [0.1, 0.15) is 6.54 Å². The number of anilines is 1. The van der Waals surface area contributed by atoms with Crippen LogP contribution in [0.1, 0.15) is 22.8 Å². The first-order chi connectivity index (χ1) is 12.0. The lowest BCUT2D eigenvalue weighted by Crippen LogP contribution is -2.31. The summed E-state index contributed by atoms with van der Waals surface area (Å²) in [5, 5.41) is 2.65. The van der Waals surface area contributed by atoms with Gasteiger partial charge in [0, 0.05) is 24.7 Å². The average Bonchev–Trinajstić information content (AvgIpc) is 2.95. The number of rotatable bonds is 4. The highest BCUT2D eigenvalue weighted by molar-refractivity contribution is 5.99. The molecule has 2 aromatic carbocycles. The van der Waals surface area contributed by atoms with Crippen LogP contribution in [0.5, 0.6) is 0 Å². The van der Waals surface area contributed by atoms with Crippen molar-refractivity contribution in [3.63, 3.8) is 0 Å². The molecule has 0 saturated carbocycles. The molecule has 0 aromatic heterocycles. The fourth-order valence-electron chi connectivity index (χ4n) is 2.79. The fourth-order valence-corrected chi connectivity index (χ4v) is 2.79. The number of nitrogens with one attached hydrogen (secondary N) is 1. The lowest BCUT2D eigenvalue weighted by atomic mass is 10.1. The van der Waals surface area contributed by atoms with Crippen LogP contribution in [0.3, 0.4) is 0 Å². The van der Waals surface area contributed by atoms with Crippen molar-refractivity contribution >= 4 is 23.4 Å². The van der Waals surface area contributed by atoms with Crippen LogP contribution in [-0.4, -0.2) is 40.7 Å². The molecular weight excluding hydrogens is 318 g/mol. The van der Waals surface area contributed by atoms with E-state index in [4.69, 9.17) is 0 Å². The molecule has 1 fully saturated rings. The van der Waals surface area contributed by atoms with Crippen molar-refractivity contribution in [1.29, 1.82) is 0 Å². The van der Waals surface area contributed by atoms with Crippen molar-refractivity contribution in [3.05, 3.63) is 65.7 Å². The lowest BCUT2D eigenvalue weighted by molar-refractivity contribution is -0.127. The van der Waals surface area contributed by atoms with Crippen LogP contribution in [0, 0.1) is 0 Å². The van der Waals surface area contributed by atoms with Crippen LogP contribution in [0.15, 0.2) is 54.6 Å². The molecule has 3 amide bonds. The van der Waals surface area contributed by atoms with Gasteiger partial charge in [-0.05, 0) is 23.8 Å². The van der Waals surface area contributed by atoms with E-state index >= 15 is 0 Å². The molecule has 6 heteroatoms. The molecule has 2 aromatic rings. The van der Waals surface area contributed by atoms with Crippen LogP contribution < -0.4 is 5.32 Å². The highest BCUT2D eigenvalue weighted by Gasteiger charge is 2.31. The van der Waals surface area contributed by atoms with Gasteiger partial charge in [-0.2, -0.15) is 0 Å². The molecule has 128 valence electrons. The minimum absolute atomic E-state index is 0.0655. The SMILES string of the molecule is CC(=O)Nc1cccc(C(=O)N2CC(=O)N(Cc3ccccc3)C2)c1. The number of hydrogen-bond donors (Lipinski definition) is 1. The first-order valence-electron chi connectivity index (χ1n) is 8.01. The smallest absolute Gasteiger partial charge is 0.255 e. The van der Waals surface area contributed by atoms with Crippen molar-refractivity contribution in [2.75, 3.05) is 18.5 Å². The Bertz CT molecular complexity index is 805. The van der Waals surface area contributed by atoms with Crippen LogP contribution >= 0.6 is 0 Å². The first kappa shape index (κ1) is 16.7. The van der Waals surface area contributed by atoms with Crippen molar-refractivity contribution in [3.8, 4) is 0 Å². The summed E-state index contributed by atoms with van der Waals surface area (Å²) in [6.45, 7) is 2.22. The van der Waals surface area contributed by atoms with Gasteiger partial charge < -0.3 is 15.1 Å². The molecule has 1 saturated heterocycles. The summed E-state index contributed by atoms with van der Waals surface area (Å²) < 4.78 is 0. The van der Waals surface area contributed by atoms with E-state index in [0.29, 0.717) is 17.8 Å². The molecule has 1 aliphatic heterocycles. The molecular formula is C19H19N3O3. The van der Waals surface area contributed by atoms with Crippen LogP contribution in [-0.2, 0) is 16.1 Å². The van der Waals surface area contributed by atoms with Gasteiger partial charge in [-0.3, -0.25) is 14.4 Å². The van der Waals surface area contributed by atoms with E-state index in [-0.39, 0.29) is 30.9 Å². The second-order valence-corrected chi connectivity index (χ2v) is 5.98. The number of carbonyl (C=O) groups is 3. The zero-order valence-electron chi connectivity index (χ0n) is 13.9. The van der Waals surface area contributed by atoms with Crippen molar-refractivity contribution in [1.82, 2.24) is 9.80 Å². The number of carbonyl (C=O) groups excluding carboxylic acids is 3. The molecule has 0 atom stereocenters. The van der Waals surface area contributed by atoms with E-state index in [9.17, 15) is 14.4 Å². The van der Waals surface area contributed by atoms with E-state index in [1.54, 1.807) is 29.2 Å². The molecule has 25 heavy (non-hydrogen) atoms. The van der Waals surface area contributed by atoms with Crippen LogP contribution in [0.4, 0.5) is 5.69 Å². The second kappa shape index (κ2) is 7.17. The molecule has 3 rings (SSSR count). The third-order valence-electron chi connectivity index (χ3n) is 3.95. The van der Waals surface area contributed by atoms with Gasteiger partial charge in [-0.15, -0.1) is 0 Å². The quantitative estimate of drug-likeness (QED) is 0.929. The maximum absolute atomic E-state index is 12.7. The lowest BCUT2D eigenvalue weighted by Gasteiger charge is -2.18. The topological polar surface area (TPSA) is 69.7 Å². The van der Waals surface area contributed by atoms with E-state index in [1.807, 2.05) is 30.3 Å². The molecule has 1 N–H and O–H groups in total. The highest BCUT2D eigenvalue weighted by Crippen LogP contribution is 2.17. The third-order valence-corrected chi connectivity index (χ3v) is 3.95. The number of benzene rings is 2. The Morgan fingerprint density at radius 2 is 1.84 bits per heavy atom. The standard InChI is InChI=1S/C19H19N3O3/c1-14(23)20-17-9-5-8-16(10-17)19(25)22-12-18(24)21(13-22)11-15-6-3-2-4-7-15/h2-10H,11-13H2,1H3,(H,20,23). The Hall–Kier alpha value is -3.15. The van der Waals surface area contributed by atoms with Gasteiger partial charge >= 0.3 is 0 Å². The van der Waals surface area contributed by atoms with Gasteiger partial charge in [0.2, 0.25) is 11.8 Å². The van der Waals surface area contributed by atoms with Gasteiger partial charge in [0.05, 0.1) is 6.67 Å². The van der Waals surface area contributed by atoms with Gasteiger partial charge in [0.25, 0.3) is 5.91 Å².